The van der Waals surface area contributed by atoms with E-state index in [1.54, 1.807) is 6.07 Å². The number of hydrogen-bond donors (Lipinski definition) is 1. The first-order chi connectivity index (χ1) is 9.60. The highest BCUT2D eigenvalue weighted by Gasteiger charge is 2.21. The highest BCUT2D eigenvalue weighted by Crippen LogP contribution is 2.18. The summed E-state index contributed by atoms with van der Waals surface area (Å²) in [5.74, 6) is 0.650. The maximum Gasteiger partial charge on any atom is 0.253 e. The Balaban J connectivity index is 2.07. The van der Waals surface area contributed by atoms with Crippen LogP contribution in [0, 0.1) is 12.8 Å². The van der Waals surface area contributed by atoms with Gasteiger partial charge >= 0.3 is 0 Å². The summed E-state index contributed by atoms with van der Waals surface area (Å²) < 4.78 is 0. The first kappa shape index (κ1) is 15.3. The van der Waals surface area contributed by atoms with Gasteiger partial charge in [0.15, 0.2) is 0 Å². The smallest absolute Gasteiger partial charge is 0.253 e. The third-order valence-electron chi connectivity index (χ3n) is 3.84. The second-order valence-electron chi connectivity index (χ2n) is 5.57. The van der Waals surface area contributed by atoms with Gasteiger partial charge in [-0.2, -0.15) is 0 Å². The van der Waals surface area contributed by atoms with E-state index >= 15 is 0 Å². The molecule has 1 heterocycles. The van der Waals surface area contributed by atoms with Crippen LogP contribution in [0.3, 0.4) is 0 Å². The summed E-state index contributed by atoms with van der Waals surface area (Å²) in [6.45, 7) is 7.67. The Morgan fingerprint density at radius 2 is 2.25 bits per heavy atom. The molecular formula is C16H23ClN2O. The molecule has 0 aliphatic carbocycles. The van der Waals surface area contributed by atoms with Crippen molar-refractivity contribution in [2.24, 2.45) is 5.92 Å². The summed E-state index contributed by atoms with van der Waals surface area (Å²) >= 11 is 6.05. The number of carbonyl (C=O) groups excluding carboxylic acids is 1. The average molecular weight is 295 g/mol. The number of benzene rings is 1. The molecule has 1 amide bonds. The minimum Gasteiger partial charge on any atom is -0.339 e. The fourth-order valence-electron chi connectivity index (χ4n) is 2.79. The van der Waals surface area contributed by atoms with Gasteiger partial charge in [0.05, 0.1) is 0 Å². The summed E-state index contributed by atoms with van der Waals surface area (Å²) in [4.78, 5) is 14.5. The first-order valence-electron chi connectivity index (χ1n) is 7.37. The molecule has 0 bridgehead atoms. The molecule has 0 radical (unpaired) electrons. The van der Waals surface area contributed by atoms with Crippen molar-refractivity contribution in [2.45, 2.75) is 26.7 Å². The molecule has 0 saturated carbocycles. The van der Waals surface area contributed by atoms with Crippen molar-refractivity contribution < 1.29 is 4.79 Å². The van der Waals surface area contributed by atoms with Crippen molar-refractivity contribution in [3.63, 3.8) is 0 Å². The fourth-order valence-corrected chi connectivity index (χ4v) is 3.08. The van der Waals surface area contributed by atoms with Crippen LogP contribution in [0.4, 0.5) is 0 Å². The molecule has 2 rings (SSSR count). The van der Waals surface area contributed by atoms with Gasteiger partial charge in [-0.1, -0.05) is 11.6 Å². The summed E-state index contributed by atoms with van der Waals surface area (Å²) in [7, 11) is 0. The molecule has 110 valence electrons. The van der Waals surface area contributed by atoms with E-state index in [2.05, 4.69) is 5.32 Å². The topological polar surface area (TPSA) is 32.3 Å². The van der Waals surface area contributed by atoms with Crippen LogP contribution in [0.2, 0.25) is 5.02 Å². The zero-order valence-corrected chi connectivity index (χ0v) is 13.0. The van der Waals surface area contributed by atoms with E-state index in [0.29, 0.717) is 16.5 Å². The van der Waals surface area contributed by atoms with Gasteiger partial charge < -0.3 is 10.2 Å². The van der Waals surface area contributed by atoms with E-state index in [4.69, 9.17) is 11.6 Å². The maximum absolute atomic E-state index is 12.6. The zero-order valence-electron chi connectivity index (χ0n) is 12.3. The van der Waals surface area contributed by atoms with Crippen LogP contribution >= 0.6 is 11.6 Å². The minimum absolute atomic E-state index is 0.0867. The van der Waals surface area contributed by atoms with Gasteiger partial charge in [-0.25, -0.2) is 0 Å². The quantitative estimate of drug-likeness (QED) is 0.925. The van der Waals surface area contributed by atoms with Gasteiger partial charge in [-0.05, 0) is 69.5 Å². The molecule has 1 aromatic carbocycles. The number of halogens is 1. The van der Waals surface area contributed by atoms with E-state index in [1.165, 1.54) is 12.8 Å². The number of piperidine rings is 1. The average Bonchev–Trinajstić information content (AvgIpc) is 2.44. The third-order valence-corrected chi connectivity index (χ3v) is 4.05. The molecule has 3 nitrogen and oxygen atoms in total. The summed E-state index contributed by atoms with van der Waals surface area (Å²) in [6, 6.07) is 5.55. The number of nitrogens with zero attached hydrogens (tertiary/aromatic N) is 1. The second-order valence-corrected chi connectivity index (χ2v) is 6.01. The SMILES string of the molecule is CCN(CC1CCCNC1)C(=O)c1cc(C)cc(Cl)c1. The van der Waals surface area contributed by atoms with Gasteiger partial charge in [0, 0.05) is 23.7 Å². The van der Waals surface area contributed by atoms with Crippen molar-refractivity contribution in [1.29, 1.82) is 0 Å². The molecule has 20 heavy (non-hydrogen) atoms. The Morgan fingerprint density at radius 3 is 2.85 bits per heavy atom. The molecule has 1 fully saturated rings. The molecule has 1 aliphatic rings. The minimum atomic E-state index is 0.0867. The lowest BCUT2D eigenvalue weighted by Gasteiger charge is -2.29. The van der Waals surface area contributed by atoms with E-state index in [0.717, 1.165) is 31.7 Å². The standard InChI is InChI=1S/C16H23ClN2O/c1-3-19(11-13-5-4-6-18-10-13)16(20)14-7-12(2)8-15(17)9-14/h7-9,13,18H,3-6,10-11H2,1-2H3. The number of carbonyl (C=O) groups is 1. The molecule has 0 spiro atoms. The Kier molecular flexibility index (Phi) is 5.44. The molecule has 4 heteroatoms. The summed E-state index contributed by atoms with van der Waals surface area (Å²) in [5.41, 5.74) is 1.72. The monoisotopic (exact) mass is 294 g/mol. The van der Waals surface area contributed by atoms with Gasteiger partial charge in [0.25, 0.3) is 5.91 Å². The Labute approximate surface area is 126 Å². The van der Waals surface area contributed by atoms with Gasteiger partial charge in [0.2, 0.25) is 0 Å². The van der Waals surface area contributed by atoms with Crippen molar-refractivity contribution in [2.75, 3.05) is 26.2 Å². The molecule has 1 unspecified atom stereocenters. The Hall–Kier alpha value is -1.06. The predicted octanol–water partition coefficient (Wildman–Crippen LogP) is 3.11. The number of amides is 1. The predicted molar refractivity (Wildman–Crippen MR) is 83.4 cm³/mol. The number of nitrogens with one attached hydrogen (secondary N) is 1. The van der Waals surface area contributed by atoms with E-state index in [1.807, 2.05) is 30.9 Å². The number of aryl methyl sites for hydroxylation is 1. The largest absolute Gasteiger partial charge is 0.339 e. The zero-order chi connectivity index (χ0) is 14.5. The van der Waals surface area contributed by atoms with Gasteiger partial charge in [-0.3, -0.25) is 4.79 Å². The lowest BCUT2D eigenvalue weighted by Crippen LogP contribution is -2.41. The number of rotatable bonds is 4. The van der Waals surface area contributed by atoms with Crippen LogP contribution in [0.5, 0.6) is 0 Å². The summed E-state index contributed by atoms with van der Waals surface area (Å²) in [6.07, 6.45) is 2.40. The molecule has 1 aliphatic heterocycles. The summed E-state index contributed by atoms with van der Waals surface area (Å²) in [5, 5.41) is 4.03. The van der Waals surface area contributed by atoms with Crippen LogP contribution < -0.4 is 5.32 Å². The molecule has 1 N–H and O–H groups in total. The number of hydrogen-bond acceptors (Lipinski definition) is 2. The van der Waals surface area contributed by atoms with E-state index in [9.17, 15) is 4.79 Å². The van der Waals surface area contributed by atoms with Crippen molar-refractivity contribution >= 4 is 17.5 Å². The Bertz CT molecular complexity index is 449. The van der Waals surface area contributed by atoms with E-state index in [-0.39, 0.29) is 5.91 Å². The molecule has 0 aromatic heterocycles. The van der Waals surface area contributed by atoms with Crippen LogP contribution in [-0.2, 0) is 0 Å². The molecule has 1 aromatic rings. The van der Waals surface area contributed by atoms with Gasteiger partial charge in [-0.15, -0.1) is 0 Å². The van der Waals surface area contributed by atoms with Crippen molar-refractivity contribution in [1.82, 2.24) is 10.2 Å². The fraction of sp³-hybridized carbons (Fsp3) is 0.562. The van der Waals surface area contributed by atoms with Crippen molar-refractivity contribution in [3.8, 4) is 0 Å². The van der Waals surface area contributed by atoms with Crippen LogP contribution in [0.1, 0.15) is 35.7 Å². The second kappa shape index (κ2) is 7.09. The highest BCUT2D eigenvalue weighted by atomic mass is 35.5. The third kappa shape index (κ3) is 3.97. The lowest BCUT2D eigenvalue weighted by atomic mass is 9.98. The maximum atomic E-state index is 12.6. The van der Waals surface area contributed by atoms with Crippen LogP contribution in [-0.4, -0.2) is 37.0 Å². The van der Waals surface area contributed by atoms with Crippen LogP contribution in [0.15, 0.2) is 18.2 Å². The molecular weight excluding hydrogens is 272 g/mol. The molecule has 1 atom stereocenters. The Morgan fingerprint density at radius 1 is 1.45 bits per heavy atom. The van der Waals surface area contributed by atoms with Gasteiger partial charge in [0.1, 0.15) is 0 Å². The normalized spacial score (nSPS) is 18.9. The lowest BCUT2D eigenvalue weighted by molar-refractivity contribution is 0.0729. The van der Waals surface area contributed by atoms with Crippen LogP contribution in [0.25, 0.3) is 0 Å². The highest BCUT2D eigenvalue weighted by molar-refractivity contribution is 6.31. The molecule has 1 saturated heterocycles. The van der Waals surface area contributed by atoms with Crippen molar-refractivity contribution in [3.05, 3.63) is 34.3 Å². The first-order valence-corrected chi connectivity index (χ1v) is 7.75. The van der Waals surface area contributed by atoms with E-state index < -0.39 is 0 Å².